The first-order valence-electron chi connectivity index (χ1n) is 10.2. The fourth-order valence-corrected chi connectivity index (χ4v) is 3.95. The zero-order chi connectivity index (χ0) is 20.2. The van der Waals surface area contributed by atoms with Crippen LogP contribution in [0.3, 0.4) is 0 Å². The largest absolute Gasteiger partial charge is 0.355 e. The number of halogens is 1. The minimum Gasteiger partial charge on any atom is -0.355 e. The predicted octanol–water partition coefficient (Wildman–Crippen LogP) is 3.28. The van der Waals surface area contributed by atoms with Crippen molar-refractivity contribution in [3.05, 3.63) is 41.8 Å². The number of hydrogen-bond donors (Lipinski definition) is 1. The number of urea groups is 1. The fraction of sp³-hybridized carbons (Fsp3) is 0.476. The third-order valence-electron chi connectivity index (χ3n) is 5.66. The van der Waals surface area contributed by atoms with E-state index >= 15 is 0 Å². The molecule has 0 unspecified atom stereocenters. The van der Waals surface area contributed by atoms with Crippen LogP contribution >= 0.6 is 0 Å². The normalized spacial score (nSPS) is 18.0. The van der Waals surface area contributed by atoms with E-state index in [4.69, 9.17) is 4.52 Å². The Balaban J connectivity index is 1.32. The number of nitrogens with zero attached hydrogens (tertiary/aromatic N) is 3. The first-order valence-corrected chi connectivity index (χ1v) is 10.2. The van der Waals surface area contributed by atoms with Crippen LogP contribution in [0.15, 0.2) is 34.9 Å². The quantitative estimate of drug-likeness (QED) is 0.858. The van der Waals surface area contributed by atoms with E-state index in [1.807, 2.05) is 0 Å². The molecule has 2 aromatic rings. The van der Waals surface area contributed by atoms with Gasteiger partial charge in [0.15, 0.2) is 11.5 Å². The SMILES string of the molecule is O=C(NC1CCCCC1)N1CCN(C(=O)c2cc(-c3ccccc3F)on2)CC1. The van der Waals surface area contributed by atoms with Gasteiger partial charge in [-0.1, -0.05) is 36.6 Å². The number of hydrogen-bond acceptors (Lipinski definition) is 4. The first kappa shape index (κ1) is 19.4. The molecule has 1 aliphatic heterocycles. The van der Waals surface area contributed by atoms with Crippen LogP contribution in [0.4, 0.5) is 9.18 Å². The monoisotopic (exact) mass is 400 g/mol. The summed E-state index contributed by atoms with van der Waals surface area (Å²) in [6, 6.07) is 7.87. The molecule has 1 saturated heterocycles. The average Bonchev–Trinajstić information content (AvgIpc) is 3.24. The third-order valence-corrected chi connectivity index (χ3v) is 5.66. The average molecular weight is 400 g/mol. The second-order valence-corrected chi connectivity index (χ2v) is 7.62. The van der Waals surface area contributed by atoms with Gasteiger partial charge in [-0.05, 0) is 25.0 Å². The summed E-state index contributed by atoms with van der Waals surface area (Å²) in [5.41, 5.74) is 0.409. The summed E-state index contributed by atoms with van der Waals surface area (Å²) in [6.45, 7) is 1.81. The third kappa shape index (κ3) is 4.41. The number of benzene rings is 1. The van der Waals surface area contributed by atoms with Crippen LogP contribution in [0.5, 0.6) is 0 Å². The lowest BCUT2D eigenvalue weighted by atomic mass is 9.96. The standard InChI is InChI=1S/C21H25FN4O3/c22-17-9-5-4-8-16(17)19-14-18(24-29-19)20(27)25-10-12-26(13-11-25)21(28)23-15-6-2-1-3-7-15/h4-5,8-9,14-15H,1-3,6-7,10-13H2,(H,23,28). The van der Waals surface area contributed by atoms with Crippen LogP contribution in [0, 0.1) is 5.82 Å². The smallest absolute Gasteiger partial charge is 0.317 e. The zero-order valence-electron chi connectivity index (χ0n) is 16.3. The Morgan fingerprint density at radius 1 is 1.03 bits per heavy atom. The molecule has 2 aliphatic rings. The van der Waals surface area contributed by atoms with Gasteiger partial charge in [0.05, 0.1) is 5.56 Å². The summed E-state index contributed by atoms with van der Waals surface area (Å²) in [5.74, 6) is -0.485. The van der Waals surface area contributed by atoms with Gasteiger partial charge in [0.1, 0.15) is 5.82 Å². The van der Waals surface area contributed by atoms with Gasteiger partial charge < -0.3 is 19.6 Å². The molecular formula is C21H25FN4O3. The molecule has 0 atom stereocenters. The summed E-state index contributed by atoms with van der Waals surface area (Å²) in [5, 5.41) is 6.93. The van der Waals surface area contributed by atoms with Crippen LogP contribution < -0.4 is 5.32 Å². The van der Waals surface area contributed by atoms with Crippen LogP contribution in [-0.2, 0) is 0 Å². The van der Waals surface area contributed by atoms with Crippen molar-refractivity contribution in [3.8, 4) is 11.3 Å². The molecule has 1 N–H and O–H groups in total. The molecule has 2 fully saturated rings. The van der Waals surface area contributed by atoms with Crippen molar-refractivity contribution >= 4 is 11.9 Å². The number of piperazine rings is 1. The Morgan fingerprint density at radius 2 is 1.72 bits per heavy atom. The van der Waals surface area contributed by atoms with Gasteiger partial charge in [0.2, 0.25) is 0 Å². The molecule has 1 aromatic carbocycles. The Kier molecular flexibility index (Phi) is 5.78. The summed E-state index contributed by atoms with van der Waals surface area (Å²) in [7, 11) is 0. The molecule has 0 radical (unpaired) electrons. The Bertz CT molecular complexity index is 870. The molecule has 4 rings (SSSR count). The van der Waals surface area contributed by atoms with Crippen molar-refractivity contribution in [1.29, 1.82) is 0 Å². The summed E-state index contributed by atoms with van der Waals surface area (Å²) < 4.78 is 19.1. The number of carbonyl (C=O) groups excluding carboxylic acids is 2. The Hall–Kier alpha value is -2.90. The van der Waals surface area contributed by atoms with Gasteiger partial charge in [-0.3, -0.25) is 4.79 Å². The molecule has 2 heterocycles. The lowest BCUT2D eigenvalue weighted by Gasteiger charge is -2.35. The minimum atomic E-state index is -0.430. The molecular weight excluding hydrogens is 375 g/mol. The molecule has 1 aliphatic carbocycles. The van der Waals surface area contributed by atoms with E-state index in [-0.39, 0.29) is 35.0 Å². The van der Waals surface area contributed by atoms with E-state index in [1.54, 1.807) is 28.0 Å². The maximum absolute atomic E-state index is 13.9. The maximum Gasteiger partial charge on any atom is 0.317 e. The highest BCUT2D eigenvalue weighted by molar-refractivity contribution is 5.93. The molecule has 7 nitrogen and oxygen atoms in total. The minimum absolute atomic E-state index is 0.0488. The van der Waals surface area contributed by atoms with E-state index in [0.29, 0.717) is 26.2 Å². The molecule has 8 heteroatoms. The lowest BCUT2D eigenvalue weighted by molar-refractivity contribution is 0.0652. The van der Waals surface area contributed by atoms with Gasteiger partial charge in [-0.15, -0.1) is 0 Å². The number of carbonyl (C=O) groups is 2. The molecule has 1 saturated carbocycles. The summed E-state index contributed by atoms with van der Waals surface area (Å²) in [6.07, 6.45) is 5.66. The molecule has 29 heavy (non-hydrogen) atoms. The van der Waals surface area contributed by atoms with E-state index in [1.165, 1.54) is 31.4 Å². The topological polar surface area (TPSA) is 78.7 Å². The predicted molar refractivity (Wildman–Crippen MR) is 105 cm³/mol. The fourth-order valence-electron chi connectivity index (χ4n) is 3.95. The van der Waals surface area contributed by atoms with Crippen LogP contribution in [0.2, 0.25) is 0 Å². The van der Waals surface area contributed by atoms with E-state index in [2.05, 4.69) is 10.5 Å². The first-order chi connectivity index (χ1) is 14.1. The van der Waals surface area contributed by atoms with Crippen molar-refractivity contribution in [3.63, 3.8) is 0 Å². The van der Waals surface area contributed by atoms with Gasteiger partial charge in [0, 0.05) is 38.3 Å². The lowest BCUT2D eigenvalue weighted by Crippen LogP contribution is -2.54. The van der Waals surface area contributed by atoms with Gasteiger partial charge in [0.25, 0.3) is 5.91 Å². The molecule has 1 aromatic heterocycles. The summed E-state index contributed by atoms with van der Waals surface area (Å²) >= 11 is 0. The van der Waals surface area contributed by atoms with Crippen LogP contribution in [0.1, 0.15) is 42.6 Å². The van der Waals surface area contributed by atoms with Gasteiger partial charge >= 0.3 is 6.03 Å². The van der Waals surface area contributed by atoms with E-state index in [0.717, 1.165) is 12.8 Å². The zero-order valence-corrected chi connectivity index (χ0v) is 16.3. The van der Waals surface area contributed by atoms with Crippen molar-refractivity contribution in [1.82, 2.24) is 20.3 Å². The second-order valence-electron chi connectivity index (χ2n) is 7.62. The van der Waals surface area contributed by atoms with Crippen molar-refractivity contribution in [2.75, 3.05) is 26.2 Å². The molecule has 154 valence electrons. The second kappa shape index (κ2) is 8.63. The maximum atomic E-state index is 13.9. The van der Waals surface area contributed by atoms with E-state index in [9.17, 15) is 14.0 Å². The van der Waals surface area contributed by atoms with Gasteiger partial charge in [-0.25, -0.2) is 9.18 Å². The Labute approximate surface area is 168 Å². The number of aromatic nitrogens is 1. The highest BCUT2D eigenvalue weighted by Gasteiger charge is 2.28. The van der Waals surface area contributed by atoms with Crippen molar-refractivity contribution < 1.29 is 18.5 Å². The number of amides is 3. The molecule has 0 bridgehead atoms. The molecule has 3 amide bonds. The van der Waals surface area contributed by atoms with Crippen molar-refractivity contribution in [2.24, 2.45) is 0 Å². The highest BCUT2D eigenvalue weighted by atomic mass is 19.1. The highest BCUT2D eigenvalue weighted by Crippen LogP contribution is 2.24. The number of rotatable bonds is 3. The number of nitrogens with one attached hydrogen (secondary N) is 1. The van der Waals surface area contributed by atoms with Crippen LogP contribution in [-0.4, -0.2) is 59.1 Å². The van der Waals surface area contributed by atoms with Crippen molar-refractivity contribution in [2.45, 2.75) is 38.1 Å². The molecule has 0 spiro atoms. The van der Waals surface area contributed by atoms with Crippen LogP contribution in [0.25, 0.3) is 11.3 Å². The Morgan fingerprint density at radius 3 is 2.45 bits per heavy atom. The summed E-state index contributed by atoms with van der Waals surface area (Å²) in [4.78, 5) is 28.6. The van der Waals surface area contributed by atoms with Gasteiger partial charge in [-0.2, -0.15) is 0 Å². The van der Waals surface area contributed by atoms with E-state index < -0.39 is 5.82 Å².